The van der Waals surface area contributed by atoms with Crippen LogP contribution in [0.2, 0.25) is 0 Å². The fraction of sp³-hybridized carbons (Fsp3) is 0.619. The van der Waals surface area contributed by atoms with Gasteiger partial charge in [-0.05, 0) is 75.3 Å². The summed E-state index contributed by atoms with van der Waals surface area (Å²) in [7, 11) is 1.20. The number of carbonyl (C=O) groups excluding carboxylic acids is 2. The van der Waals surface area contributed by atoms with Crippen LogP contribution in [0, 0.1) is 27.9 Å². The number of nitrogens with one attached hydrogen (secondary N) is 1. The number of nitrogens with zero attached hydrogens (tertiary/aromatic N) is 1. The van der Waals surface area contributed by atoms with E-state index in [0.717, 1.165) is 25.3 Å². The molecule has 4 saturated carbocycles. The second-order valence-electron chi connectivity index (χ2n) is 8.88. The standard InChI is InChI=1S/C21H26N2O6/c1-12(29-18-4-3-16(20(25)28-2)8-17(18)23(26)27)19(24)22-21-9-13-5-14(10-21)7-15(6-13)11-21/h3-4,8,12-15H,5-7,9-11H2,1-2H3,(H,22,24)/t12-,13?,14?,15?,21?/m0/s1. The van der Waals surface area contributed by atoms with Crippen molar-refractivity contribution in [1.29, 1.82) is 0 Å². The lowest BCUT2D eigenvalue weighted by Gasteiger charge is -2.57. The number of rotatable bonds is 6. The van der Waals surface area contributed by atoms with Gasteiger partial charge in [-0.15, -0.1) is 0 Å². The number of carbonyl (C=O) groups is 2. The van der Waals surface area contributed by atoms with Crippen LogP contribution in [-0.4, -0.2) is 35.6 Å². The van der Waals surface area contributed by atoms with Gasteiger partial charge in [-0.1, -0.05) is 0 Å². The van der Waals surface area contributed by atoms with Gasteiger partial charge in [0.25, 0.3) is 5.91 Å². The minimum Gasteiger partial charge on any atom is -0.474 e. The maximum Gasteiger partial charge on any atom is 0.338 e. The first-order chi connectivity index (χ1) is 13.8. The molecule has 4 aliphatic carbocycles. The quantitative estimate of drug-likeness (QED) is 0.445. The maximum absolute atomic E-state index is 12.9. The summed E-state index contributed by atoms with van der Waals surface area (Å²) in [6.07, 6.45) is 6.01. The molecule has 8 nitrogen and oxygen atoms in total. The third-order valence-corrected chi connectivity index (χ3v) is 6.68. The zero-order chi connectivity index (χ0) is 20.8. The van der Waals surface area contributed by atoms with Crippen LogP contribution in [0.5, 0.6) is 5.75 Å². The van der Waals surface area contributed by atoms with Crippen molar-refractivity contribution in [3.8, 4) is 5.75 Å². The van der Waals surface area contributed by atoms with E-state index in [1.807, 2.05) is 0 Å². The first-order valence-electron chi connectivity index (χ1n) is 10.1. The van der Waals surface area contributed by atoms with Crippen molar-refractivity contribution in [3.63, 3.8) is 0 Å². The van der Waals surface area contributed by atoms with E-state index in [9.17, 15) is 19.7 Å². The van der Waals surface area contributed by atoms with E-state index in [2.05, 4.69) is 10.1 Å². The Morgan fingerprint density at radius 2 is 1.76 bits per heavy atom. The van der Waals surface area contributed by atoms with Crippen LogP contribution < -0.4 is 10.1 Å². The van der Waals surface area contributed by atoms with Crippen LogP contribution in [0.4, 0.5) is 5.69 Å². The molecular formula is C21H26N2O6. The molecule has 0 unspecified atom stereocenters. The minimum atomic E-state index is -0.884. The van der Waals surface area contributed by atoms with E-state index in [4.69, 9.17) is 4.74 Å². The lowest BCUT2D eigenvalue weighted by Crippen LogP contribution is -2.61. The molecule has 0 heterocycles. The van der Waals surface area contributed by atoms with E-state index in [0.29, 0.717) is 17.8 Å². The Morgan fingerprint density at radius 1 is 1.17 bits per heavy atom. The number of amides is 1. The average molecular weight is 402 g/mol. The molecule has 0 radical (unpaired) electrons. The van der Waals surface area contributed by atoms with Crippen LogP contribution >= 0.6 is 0 Å². The predicted octanol–water partition coefficient (Wildman–Crippen LogP) is 3.23. The van der Waals surface area contributed by atoms with Crippen molar-refractivity contribution in [3.05, 3.63) is 33.9 Å². The molecule has 0 aromatic heterocycles. The third kappa shape index (κ3) is 3.80. The summed E-state index contributed by atoms with van der Waals surface area (Å²) in [6, 6.07) is 3.82. The number of benzene rings is 1. The van der Waals surface area contributed by atoms with Gasteiger partial charge in [-0.2, -0.15) is 0 Å². The van der Waals surface area contributed by atoms with E-state index in [1.165, 1.54) is 38.5 Å². The van der Waals surface area contributed by atoms with Gasteiger partial charge in [0.2, 0.25) is 0 Å². The molecule has 0 saturated heterocycles. The molecule has 0 aliphatic heterocycles. The zero-order valence-corrected chi connectivity index (χ0v) is 16.7. The number of ether oxygens (including phenoxy) is 2. The molecule has 8 heteroatoms. The highest BCUT2D eigenvalue weighted by atomic mass is 16.6. The fourth-order valence-electron chi connectivity index (χ4n) is 5.88. The van der Waals surface area contributed by atoms with Crippen molar-refractivity contribution >= 4 is 17.6 Å². The van der Waals surface area contributed by atoms with Crippen molar-refractivity contribution in [2.24, 2.45) is 17.8 Å². The van der Waals surface area contributed by atoms with Crippen LogP contribution in [0.3, 0.4) is 0 Å². The van der Waals surface area contributed by atoms with E-state index >= 15 is 0 Å². The number of nitro benzene ring substituents is 1. The van der Waals surface area contributed by atoms with Crippen LogP contribution in [0.1, 0.15) is 55.8 Å². The molecule has 1 aromatic carbocycles. The lowest BCUT2D eigenvalue weighted by molar-refractivity contribution is -0.386. The Balaban J connectivity index is 1.46. The number of hydrogen-bond acceptors (Lipinski definition) is 6. The van der Waals surface area contributed by atoms with Crippen molar-refractivity contribution < 1.29 is 24.0 Å². The number of methoxy groups -OCH3 is 1. The molecule has 5 rings (SSSR count). The first-order valence-corrected chi connectivity index (χ1v) is 10.1. The lowest BCUT2D eigenvalue weighted by atomic mass is 9.53. The minimum absolute atomic E-state index is 0.0455. The van der Waals surface area contributed by atoms with E-state index < -0.39 is 17.0 Å². The average Bonchev–Trinajstić information content (AvgIpc) is 2.65. The van der Waals surface area contributed by atoms with Gasteiger partial charge in [0.15, 0.2) is 11.9 Å². The second kappa shape index (κ2) is 7.31. The SMILES string of the molecule is COC(=O)c1ccc(O[C@@H](C)C(=O)NC23CC4CC(CC(C4)C2)C3)c([N+](=O)[O-])c1. The largest absolute Gasteiger partial charge is 0.474 e. The van der Waals surface area contributed by atoms with Gasteiger partial charge < -0.3 is 14.8 Å². The van der Waals surface area contributed by atoms with Gasteiger partial charge in [0, 0.05) is 11.6 Å². The highest BCUT2D eigenvalue weighted by molar-refractivity contribution is 5.90. The smallest absolute Gasteiger partial charge is 0.338 e. The molecular weight excluding hydrogens is 376 g/mol. The van der Waals surface area contributed by atoms with Gasteiger partial charge >= 0.3 is 11.7 Å². The molecule has 1 aromatic rings. The van der Waals surface area contributed by atoms with Gasteiger partial charge in [-0.3, -0.25) is 14.9 Å². The highest BCUT2D eigenvalue weighted by Crippen LogP contribution is 2.55. The zero-order valence-electron chi connectivity index (χ0n) is 16.7. The molecule has 4 fully saturated rings. The van der Waals surface area contributed by atoms with Crippen molar-refractivity contribution in [1.82, 2.24) is 5.32 Å². The highest BCUT2D eigenvalue weighted by Gasteiger charge is 2.51. The normalized spacial score (nSPS) is 30.5. The Hall–Kier alpha value is -2.64. The Kier molecular flexibility index (Phi) is 4.96. The second-order valence-corrected chi connectivity index (χ2v) is 8.88. The van der Waals surface area contributed by atoms with Crippen molar-refractivity contribution in [2.45, 2.75) is 57.1 Å². The molecule has 1 amide bonds. The summed E-state index contributed by atoms with van der Waals surface area (Å²) in [5, 5.41) is 14.6. The van der Waals surface area contributed by atoms with Crippen LogP contribution in [0.25, 0.3) is 0 Å². The summed E-state index contributed by atoms with van der Waals surface area (Å²) < 4.78 is 10.2. The molecule has 29 heavy (non-hydrogen) atoms. The van der Waals surface area contributed by atoms with Crippen LogP contribution in [0.15, 0.2) is 18.2 Å². The first kappa shape index (κ1) is 19.7. The summed E-state index contributed by atoms with van der Waals surface area (Å²) in [6.45, 7) is 1.59. The fourth-order valence-corrected chi connectivity index (χ4v) is 5.88. The molecule has 156 valence electrons. The summed E-state index contributed by atoms with van der Waals surface area (Å²) in [5.41, 5.74) is -0.469. The summed E-state index contributed by atoms with van der Waals surface area (Å²) >= 11 is 0. The van der Waals surface area contributed by atoms with E-state index in [-0.39, 0.29) is 28.4 Å². The monoisotopic (exact) mass is 402 g/mol. The Bertz CT molecular complexity index is 816. The third-order valence-electron chi connectivity index (χ3n) is 6.68. The summed E-state index contributed by atoms with van der Waals surface area (Å²) in [5.74, 6) is 1.13. The van der Waals surface area contributed by atoms with Gasteiger partial charge in [0.1, 0.15) is 0 Å². The predicted molar refractivity (Wildman–Crippen MR) is 104 cm³/mol. The van der Waals surface area contributed by atoms with Gasteiger partial charge in [0.05, 0.1) is 17.6 Å². The topological polar surface area (TPSA) is 108 Å². The van der Waals surface area contributed by atoms with Crippen molar-refractivity contribution in [2.75, 3.05) is 7.11 Å². The maximum atomic E-state index is 12.9. The molecule has 4 bridgehead atoms. The number of esters is 1. The van der Waals surface area contributed by atoms with Gasteiger partial charge in [-0.25, -0.2) is 4.79 Å². The number of hydrogen-bond donors (Lipinski definition) is 1. The molecule has 0 spiro atoms. The Morgan fingerprint density at radius 3 is 2.28 bits per heavy atom. The molecule has 1 atom stereocenters. The molecule has 4 aliphatic rings. The van der Waals surface area contributed by atoms with E-state index in [1.54, 1.807) is 6.92 Å². The summed E-state index contributed by atoms with van der Waals surface area (Å²) in [4.78, 5) is 35.3. The van der Waals surface area contributed by atoms with Crippen LogP contribution in [-0.2, 0) is 9.53 Å². The Labute approximate surface area is 169 Å². The number of nitro groups is 1. The molecule has 1 N–H and O–H groups in total.